The summed E-state index contributed by atoms with van der Waals surface area (Å²) in [4.78, 5) is 0. The second kappa shape index (κ2) is 3.16. The van der Waals surface area contributed by atoms with Gasteiger partial charge in [-0.2, -0.15) is 0 Å². The molecule has 0 fully saturated rings. The minimum absolute atomic E-state index is 1.14. The first-order valence-corrected chi connectivity index (χ1v) is 2.31. The highest BCUT2D eigenvalue weighted by molar-refractivity contribution is 4.74. The van der Waals surface area contributed by atoms with Crippen molar-refractivity contribution in [3.05, 3.63) is 6.04 Å². The van der Waals surface area contributed by atoms with Crippen molar-refractivity contribution in [1.82, 2.24) is 5.32 Å². The van der Waals surface area contributed by atoms with E-state index >= 15 is 0 Å². The van der Waals surface area contributed by atoms with Crippen LogP contribution < -0.4 is 5.32 Å². The van der Waals surface area contributed by atoms with E-state index in [0.717, 1.165) is 6.42 Å². The maximum Gasteiger partial charge on any atom is 0.0327 e. The molecular weight excluding hydrogens is 74.1 g/mol. The quantitative estimate of drug-likeness (QED) is 0.532. The van der Waals surface area contributed by atoms with Crippen molar-refractivity contribution in [3.8, 4) is 0 Å². The Bertz CT molecular complexity index is 23.1. The third kappa shape index (κ3) is 2.21. The van der Waals surface area contributed by atoms with E-state index in [1.54, 1.807) is 0 Å². The number of hydrogen-bond donors (Lipinski definition) is 1. The summed E-state index contributed by atoms with van der Waals surface area (Å²) in [6.07, 6.45) is 1.14. The van der Waals surface area contributed by atoms with Crippen molar-refractivity contribution >= 4 is 0 Å². The van der Waals surface area contributed by atoms with Gasteiger partial charge in [0.1, 0.15) is 0 Å². The average Bonchev–Trinajstić information content (AvgIpc) is 1.65. The summed E-state index contributed by atoms with van der Waals surface area (Å²) in [6.45, 7) is 4.21. The van der Waals surface area contributed by atoms with E-state index < -0.39 is 0 Å². The van der Waals surface area contributed by atoms with Crippen LogP contribution in [0.4, 0.5) is 0 Å². The van der Waals surface area contributed by atoms with Crippen molar-refractivity contribution < 1.29 is 0 Å². The fourth-order valence-electron chi connectivity index (χ4n) is 0.177. The van der Waals surface area contributed by atoms with Crippen molar-refractivity contribution in [2.24, 2.45) is 0 Å². The van der Waals surface area contributed by atoms with Gasteiger partial charge in [-0.25, -0.2) is 0 Å². The maximum absolute atomic E-state index is 3.03. The lowest BCUT2D eigenvalue weighted by molar-refractivity contribution is 0.749. The van der Waals surface area contributed by atoms with Gasteiger partial charge in [-0.3, -0.25) is 0 Å². The Kier molecular flexibility index (Phi) is 3.14. The Morgan fingerprint density at radius 3 is 2.17 bits per heavy atom. The summed E-state index contributed by atoms with van der Waals surface area (Å²) in [5.41, 5.74) is 0. The molecule has 0 atom stereocenters. The minimum atomic E-state index is 1.14. The summed E-state index contributed by atoms with van der Waals surface area (Å²) in [5.74, 6) is 0. The van der Waals surface area contributed by atoms with Crippen molar-refractivity contribution in [1.29, 1.82) is 0 Å². The van der Waals surface area contributed by atoms with E-state index in [1.807, 2.05) is 7.05 Å². The van der Waals surface area contributed by atoms with Crippen LogP contribution in [0.2, 0.25) is 0 Å². The predicted molar refractivity (Wildman–Crippen MR) is 28.3 cm³/mol. The molecular formula is C5H12N. The zero-order chi connectivity index (χ0) is 4.99. The first kappa shape index (κ1) is 5.96. The lowest BCUT2D eigenvalue weighted by Gasteiger charge is -2.00. The van der Waals surface area contributed by atoms with Crippen LogP contribution >= 0.6 is 0 Å². The average molecular weight is 86.2 g/mol. The molecule has 0 spiro atoms. The first-order chi connectivity index (χ1) is 2.81. The monoisotopic (exact) mass is 86.1 g/mol. The van der Waals surface area contributed by atoms with Crippen LogP contribution in [-0.2, 0) is 0 Å². The molecule has 0 aliphatic rings. The van der Waals surface area contributed by atoms with Crippen LogP contribution in [0.1, 0.15) is 20.3 Å². The first-order valence-electron chi connectivity index (χ1n) is 2.31. The molecule has 0 rings (SSSR count). The molecule has 0 aromatic heterocycles. The summed E-state index contributed by atoms with van der Waals surface area (Å²) < 4.78 is 0. The highest BCUT2D eigenvalue weighted by atomic mass is 14.8. The topological polar surface area (TPSA) is 12.0 Å². The van der Waals surface area contributed by atoms with Gasteiger partial charge in [0.05, 0.1) is 0 Å². The molecule has 0 aromatic rings. The van der Waals surface area contributed by atoms with Gasteiger partial charge in [-0.15, -0.1) is 0 Å². The Hall–Kier alpha value is -0.0400. The van der Waals surface area contributed by atoms with Crippen molar-refractivity contribution in [2.45, 2.75) is 20.3 Å². The molecule has 1 nitrogen and oxygen atoms in total. The molecule has 0 unspecified atom stereocenters. The Labute approximate surface area is 39.7 Å². The summed E-state index contributed by atoms with van der Waals surface area (Å²) in [5, 5.41) is 3.03. The van der Waals surface area contributed by atoms with Crippen LogP contribution in [0.15, 0.2) is 0 Å². The molecule has 0 heterocycles. The molecule has 6 heavy (non-hydrogen) atoms. The molecule has 0 bridgehead atoms. The fraction of sp³-hybridized carbons (Fsp3) is 0.800. The standard InChI is InChI=1S/C5H12N/c1-4-5(2)6-3/h6H,4H2,1-3H3. The second-order valence-electron chi connectivity index (χ2n) is 1.38. The van der Waals surface area contributed by atoms with E-state index in [4.69, 9.17) is 0 Å². The van der Waals surface area contributed by atoms with Gasteiger partial charge in [0.15, 0.2) is 0 Å². The molecule has 0 aliphatic heterocycles. The zero-order valence-electron chi connectivity index (χ0n) is 4.71. The van der Waals surface area contributed by atoms with E-state index in [2.05, 4.69) is 19.2 Å². The second-order valence-corrected chi connectivity index (χ2v) is 1.38. The van der Waals surface area contributed by atoms with Gasteiger partial charge in [0.25, 0.3) is 0 Å². The smallest absolute Gasteiger partial charge is 0.0327 e. The largest absolute Gasteiger partial charge is 0.313 e. The molecule has 0 aromatic carbocycles. The Morgan fingerprint density at radius 2 is 2.17 bits per heavy atom. The lowest BCUT2D eigenvalue weighted by Crippen LogP contribution is -2.09. The molecule has 1 radical (unpaired) electrons. The Morgan fingerprint density at radius 1 is 1.67 bits per heavy atom. The van der Waals surface area contributed by atoms with Gasteiger partial charge >= 0.3 is 0 Å². The van der Waals surface area contributed by atoms with E-state index in [0.29, 0.717) is 0 Å². The predicted octanol–water partition coefficient (Wildman–Crippen LogP) is 1.17. The molecule has 0 amide bonds. The molecule has 0 saturated heterocycles. The summed E-state index contributed by atoms with van der Waals surface area (Å²) in [7, 11) is 1.94. The summed E-state index contributed by atoms with van der Waals surface area (Å²) >= 11 is 0. The molecule has 1 heteroatoms. The SMILES string of the molecule is CC[C](C)NC. The number of rotatable bonds is 2. The fourth-order valence-corrected chi connectivity index (χ4v) is 0.177. The van der Waals surface area contributed by atoms with E-state index in [1.165, 1.54) is 6.04 Å². The number of nitrogens with one attached hydrogen (secondary N) is 1. The molecule has 0 aliphatic carbocycles. The minimum Gasteiger partial charge on any atom is -0.313 e. The third-order valence-corrected chi connectivity index (χ3v) is 0.957. The van der Waals surface area contributed by atoms with Crippen molar-refractivity contribution in [2.75, 3.05) is 7.05 Å². The van der Waals surface area contributed by atoms with Gasteiger partial charge in [0, 0.05) is 6.04 Å². The zero-order valence-corrected chi connectivity index (χ0v) is 4.71. The van der Waals surface area contributed by atoms with Gasteiger partial charge in [-0.05, 0) is 20.4 Å². The Balaban J connectivity index is 2.75. The highest BCUT2D eigenvalue weighted by Gasteiger charge is 1.88. The van der Waals surface area contributed by atoms with E-state index in [9.17, 15) is 0 Å². The van der Waals surface area contributed by atoms with Crippen LogP contribution in [0.5, 0.6) is 0 Å². The lowest BCUT2D eigenvalue weighted by atomic mass is 10.3. The molecule has 1 N–H and O–H groups in total. The summed E-state index contributed by atoms with van der Waals surface area (Å²) in [6, 6.07) is 1.34. The maximum atomic E-state index is 3.03. The van der Waals surface area contributed by atoms with Gasteiger partial charge in [0.2, 0.25) is 0 Å². The molecule has 37 valence electrons. The third-order valence-electron chi connectivity index (χ3n) is 0.957. The van der Waals surface area contributed by atoms with Crippen LogP contribution in [0.25, 0.3) is 0 Å². The normalized spacial score (nSPS) is 10.0. The number of hydrogen-bond acceptors (Lipinski definition) is 1. The van der Waals surface area contributed by atoms with E-state index in [-0.39, 0.29) is 0 Å². The van der Waals surface area contributed by atoms with Crippen LogP contribution in [0.3, 0.4) is 0 Å². The van der Waals surface area contributed by atoms with Gasteiger partial charge in [-0.1, -0.05) is 6.92 Å². The highest BCUT2D eigenvalue weighted by Crippen LogP contribution is 1.93. The molecule has 0 saturated carbocycles. The van der Waals surface area contributed by atoms with Crippen molar-refractivity contribution in [3.63, 3.8) is 0 Å². The van der Waals surface area contributed by atoms with Crippen LogP contribution in [0, 0.1) is 6.04 Å². The van der Waals surface area contributed by atoms with Gasteiger partial charge < -0.3 is 5.32 Å². The van der Waals surface area contributed by atoms with Crippen LogP contribution in [-0.4, -0.2) is 7.05 Å².